The normalized spacial score (nSPS) is 16.1. The molecule has 0 radical (unpaired) electrons. The molecule has 1 amide bonds. The predicted octanol–water partition coefficient (Wildman–Crippen LogP) is 5.70. The van der Waals surface area contributed by atoms with E-state index in [1.165, 1.54) is 0 Å². The van der Waals surface area contributed by atoms with Gasteiger partial charge >= 0.3 is 5.91 Å². The maximum Gasteiger partial charge on any atom is 0.426 e. The molecule has 6 rings (SSSR count). The van der Waals surface area contributed by atoms with E-state index in [9.17, 15) is 9.59 Å². The van der Waals surface area contributed by atoms with Crippen LogP contribution >= 0.6 is 0 Å². The Balaban J connectivity index is 1.60. The van der Waals surface area contributed by atoms with Crippen LogP contribution in [0.25, 0.3) is 23.0 Å². The van der Waals surface area contributed by atoms with Crippen LogP contribution in [0, 0.1) is 0 Å². The SMILES string of the molecule is O=C1/C(=C\c2c3cccccc-3n(-c3ccccc3)c2=O)C2=CC=CC=CC2=[N+]1c1ccccc1. The van der Waals surface area contributed by atoms with Crippen molar-refractivity contribution in [2.75, 3.05) is 0 Å². The molecule has 2 aromatic rings. The van der Waals surface area contributed by atoms with Gasteiger partial charge in [-0.25, -0.2) is 4.79 Å². The lowest BCUT2D eigenvalue weighted by Crippen LogP contribution is -2.16. The molecule has 0 bridgehead atoms. The first kappa shape index (κ1) is 20.8. The monoisotopic (exact) mass is 453 g/mol. The van der Waals surface area contributed by atoms with E-state index in [0.717, 1.165) is 33.9 Å². The van der Waals surface area contributed by atoms with Crippen LogP contribution < -0.4 is 5.56 Å². The molecular formula is C31H21N2O2+. The van der Waals surface area contributed by atoms with Gasteiger partial charge in [-0.2, -0.15) is 0 Å². The van der Waals surface area contributed by atoms with Gasteiger partial charge in [0.25, 0.3) is 5.56 Å². The largest absolute Gasteiger partial charge is 0.426 e. The fourth-order valence-electron chi connectivity index (χ4n) is 4.70. The molecule has 0 aromatic heterocycles. The summed E-state index contributed by atoms with van der Waals surface area (Å²) in [6, 6.07) is 28.8. The zero-order valence-electron chi connectivity index (χ0n) is 18.8. The van der Waals surface area contributed by atoms with E-state index in [-0.39, 0.29) is 11.5 Å². The number of fused-ring (bicyclic) bond motifs is 2. The molecule has 2 aliphatic heterocycles. The summed E-state index contributed by atoms with van der Waals surface area (Å²) < 4.78 is 3.42. The lowest BCUT2D eigenvalue weighted by molar-refractivity contribution is -0.356. The van der Waals surface area contributed by atoms with Crippen molar-refractivity contribution in [3.8, 4) is 16.9 Å². The van der Waals surface area contributed by atoms with Gasteiger partial charge in [0.15, 0.2) is 0 Å². The third-order valence-corrected chi connectivity index (χ3v) is 6.28. The molecule has 2 heterocycles. The second kappa shape index (κ2) is 8.50. The van der Waals surface area contributed by atoms with Crippen molar-refractivity contribution in [3.05, 3.63) is 148 Å². The van der Waals surface area contributed by atoms with Gasteiger partial charge in [-0.05, 0) is 30.4 Å². The summed E-state index contributed by atoms with van der Waals surface area (Å²) in [4.78, 5) is 27.6. The van der Waals surface area contributed by atoms with Crippen LogP contribution in [0.5, 0.6) is 0 Å². The number of allylic oxidation sites excluding steroid dienone is 5. The Hall–Kier alpha value is -4.83. The van der Waals surface area contributed by atoms with Gasteiger partial charge in [0.1, 0.15) is 5.57 Å². The van der Waals surface area contributed by atoms with E-state index < -0.39 is 0 Å². The summed E-state index contributed by atoms with van der Waals surface area (Å²) in [5.41, 5.74) is 5.59. The molecule has 2 aliphatic carbocycles. The van der Waals surface area contributed by atoms with Gasteiger partial charge in [0, 0.05) is 29.5 Å². The summed E-state index contributed by atoms with van der Waals surface area (Å²) in [5, 5.41) is 0. The maximum atomic E-state index is 13.8. The number of nitrogens with zero attached hydrogens (tertiary/aromatic N) is 2. The molecule has 166 valence electrons. The number of benzene rings is 2. The van der Waals surface area contributed by atoms with Crippen LogP contribution in [0.3, 0.4) is 0 Å². The Labute approximate surface area is 202 Å². The van der Waals surface area contributed by atoms with Crippen LogP contribution in [0.4, 0.5) is 5.69 Å². The number of amides is 1. The number of carbonyl (C=O) groups excluding carboxylic acids is 1. The van der Waals surface area contributed by atoms with Gasteiger partial charge in [0.05, 0.1) is 16.8 Å². The topological polar surface area (TPSA) is 42.1 Å². The van der Waals surface area contributed by atoms with Crippen LogP contribution in [-0.4, -0.2) is 20.8 Å². The van der Waals surface area contributed by atoms with E-state index >= 15 is 0 Å². The lowest BCUT2D eigenvalue weighted by atomic mass is 10.00. The van der Waals surface area contributed by atoms with E-state index in [2.05, 4.69) is 0 Å². The van der Waals surface area contributed by atoms with Crippen LogP contribution in [0.2, 0.25) is 0 Å². The van der Waals surface area contributed by atoms with Crippen molar-refractivity contribution in [1.29, 1.82) is 0 Å². The molecule has 4 nitrogen and oxygen atoms in total. The quantitative estimate of drug-likeness (QED) is 0.295. The Morgan fingerprint density at radius 3 is 2.17 bits per heavy atom. The van der Waals surface area contributed by atoms with Crippen LogP contribution in [0.1, 0.15) is 5.56 Å². The Morgan fingerprint density at radius 1 is 0.714 bits per heavy atom. The standard InChI is InChI=1S/C31H21N2O2/c34-30-26(24-17-9-3-11-19-28(24)32(30)22-13-5-1-6-14-22)21-27-25-18-10-4-12-20-29(25)33(31(27)35)23-15-7-2-8-16-23/h1-21H/q+1. The van der Waals surface area contributed by atoms with Crippen LogP contribution in [0.15, 0.2) is 137 Å². The number of hydrogen-bond donors (Lipinski definition) is 0. The average Bonchev–Trinajstić information content (AvgIpc) is 3.10. The molecule has 0 unspecified atom stereocenters. The smallest absolute Gasteiger partial charge is 0.276 e. The number of carbonyl (C=O) groups is 1. The predicted molar refractivity (Wildman–Crippen MR) is 139 cm³/mol. The van der Waals surface area contributed by atoms with Gasteiger partial charge in [-0.15, -0.1) is 4.58 Å². The molecule has 35 heavy (non-hydrogen) atoms. The molecule has 0 fully saturated rings. The molecule has 0 spiro atoms. The van der Waals surface area contributed by atoms with Crippen molar-refractivity contribution in [3.63, 3.8) is 0 Å². The van der Waals surface area contributed by atoms with Gasteiger partial charge in [0.2, 0.25) is 11.4 Å². The van der Waals surface area contributed by atoms with Crippen LogP contribution in [-0.2, 0) is 4.79 Å². The van der Waals surface area contributed by atoms with E-state index in [4.69, 9.17) is 0 Å². The summed E-state index contributed by atoms with van der Waals surface area (Å²) in [5.74, 6) is -0.155. The summed E-state index contributed by atoms with van der Waals surface area (Å²) in [6.07, 6.45) is 11.4. The Morgan fingerprint density at radius 2 is 1.40 bits per heavy atom. The highest BCUT2D eigenvalue weighted by Crippen LogP contribution is 2.33. The zero-order chi connectivity index (χ0) is 23.8. The lowest BCUT2D eigenvalue weighted by Gasteiger charge is -2.04. The molecule has 0 saturated heterocycles. The maximum absolute atomic E-state index is 13.8. The molecule has 2 aromatic carbocycles. The minimum atomic E-state index is -0.155. The Kier molecular flexibility index (Phi) is 5.04. The highest BCUT2D eigenvalue weighted by molar-refractivity contribution is 6.24. The molecule has 4 heteroatoms. The van der Waals surface area contributed by atoms with Gasteiger partial charge in [-0.3, -0.25) is 9.36 Å². The van der Waals surface area contributed by atoms with Crippen molar-refractivity contribution in [2.45, 2.75) is 0 Å². The summed E-state index contributed by atoms with van der Waals surface area (Å²) in [6.45, 7) is 0. The second-order valence-corrected chi connectivity index (χ2v) is 8.34. The first-order valence-electron chi connectivity index (χ1n) is 11.5. The number of aromatic nitrogens is 1. The van der Waals surface area contributed by atoms with Crippen molar-refractivity contribution in [1.82, 2.24) is 4.57 Å². The average molecular weight is 454 g/mol. The third kappa shape index (κ3) is 3.44. The highest BCUT2D eigenvalue weighted by Gasteiger charge is 2.42. The third-order valence-electron chi connectivity index (χ3n) is 6.28. The minimum Gasteiger partial charge on any atom is -0.276 e. The summed E-state index contributed by atoms with van der Waals surface area (Å²) in [7, 11) is 0. The fraction of sp³-hybridized carbons (Fsp3) is 0. The van der Waals surface area contributed by atoms with E-state index in [1.807, 2.05) is 121 Å². The number of para-hydroxylation sites is 2. The highest BCUT2D eigenvalue weighted by atomic mass is 16.2. The number of rotatable bonds is 3. The second-order valence-electron chi connectivity index (χ2n) is 8.34. The fourth-order valence-corrected chi connectivity index (χ4v) is 4.70. The van der Waals surface area contributed by atoms with Crippen molar-refractivity contribution in [2.24, 2.45) is 0 Å². The Bertz CT molecular complexity index is 1650. The molecule has 0 atom stereocenters. The first-order chi connectivity index (χ1) is 17.2. The first-order valence-corrected chi connectivity index (χ1v) is 11.5. The number of hydrogen-bond acceptors (Lipinski definition) is 2. The van der Waals surface area contributed by atoms with E-state index in [0.29, 0.717) is 11.1 Å². The van der Waals surface area contributed by atoms with Gasteiger partial charge in [-0.1, -0.05) is 78.9 Å². The van der Waals surface area contributed by atoms with E-state index in [1.54, 1.807) is 15.2 Å². The summed E-state index contributed by atoms with van der Waals surface area (Å²) >= 11 is 0. The zero-order valence-corrected chi connectivity index (χ0v) is 18.8. The minimum absolute atomic E-state index is 0.155. The molecular weight excluding hydrogens is 432 g/mol. The van der Waals surface area contributed by atoms with Gasteiger partial charge < -0.3 is 0 Å². The van der Waals surface area contributed by atoms with Crippen molar-refractivity contribution >= 4 is 23.4 Å². The molecule has 4 aliphatic rings. The molecule has 0 saturated carbocycles. The van der Waals surface area contributed by atoms with Crippen molar-refractivity contribution < 1.29 is 9.37 Å². The molecule has 0 N–H and O–H groups in total.